The van der Waals surface area contributed by atoms with Crippen molar-refractivity contribution in [3.8, 4) is 11.5 Å². The number of sulfonamides is 1. The number of benzene rings is 2. The maximum Gasteiger partial charge on any atom is 0.238 e. The van der Waals surface area contributed by atoms with Gasteiger partial charge >= 0.3 is 0 Å². The van der Waals surface area contributed by atoms with Crippen LogP contribution in [0.1, 0.15) is 12.5 Å². The summed E-state index contributed by atoms with van der Waals surface area (Å²) in [5.74, 6) is 1.19. The normalized spacial score (nSPS) is 11.2. The van der Waals surface area contributed by atoms with Crippen LogP contribution >= 0.6 is 11.6 Å². The van der Waals surface area contributed by atoms with Crippen molar-refractivity contribution in [3.63, 3.8) is 0 Å². The highest BCUT2D eigenvalue weighted by Crippen LogP contribution is 2.33. The summed E-state index contributed by atoms with van der Waals surface area (Å²) in [4.78, 5) is 0.0640. The Balaban J connectivity index is 2.15. The Kier molecular flexibility index (Phi) is 5.93. The average molecular weight is 371 g/mol. The van der Waals surface area contributed by atoms with Gasteiger partial charge in [-0.05, 0) is 42.8 Å². The Morgan fingerprint density at radius 3 is 2.38 bits per heavy atom. The number of anilines is 1. The lowest BCUT2D eigenvalue weighted by Gasteiger charge is -2.14. The first-order chi connectivity index (χ1) is 11.3. The summed E-state index contributed by atoms with van der Waals surface area (Å²) in [6.07, 6.45) is 0. The van der Waals surface area contributed by atoms with Crippen molar-refractivity contribution in [2.45, 2.75) is 18.4 Å². The van der Waals surface area contributed by atoms with Crippen molar-refractivity contribution in [3.05, 3.63) is 47.0 Å². The highest BCUT2D eigenvalue weighted by molar-refractivity contribution is 7.89. The van der Waals surface area contributed by atoms with E-state index in [1.54, 1.807) is 25.3 Å². The molecule has 0 radical (unpaired) electrons. The van der Waals surface area contributed by atoms with Crippen LogP contribution in [0.15, 0.2) is 41.3 Å². The van der Waals surface area contributed by atoms with Gasteiger partial charge in [-0.3, -0.25) is 0 Å². The molecule has 0 bridgehead atoms. The maximum atomic E-state index is 11.2. The standard InChI is InChI=1S/C16H19ClN2O4S/c1-3-23-16-8-11(14(17)9-15(16)22-2)10-19-12-4-6-13(7-5-12)24(18,20)21/h4-9,19H,3,10H2,1-2H3,(H2,18,20,21). The van der Waals surface area contributed by atoms with Gasteiger partial charge in [0.25, 0.3) is 0 Å². The molecule has 2 rings (SSSR count). The van der Waals surface area contributed by atoms with Crippen LogP contribution < -0.4 is 19.9 Å². The Hall–Kier alpha value is -1.96. The van der Waals surface area contributed by atoms with E-state index in [4.69, 9.17) is 26.2 Å². The Labute approximate surface area is 146 Å². The summed E-state index contributed by atoms with van der Waals surface area (Å²) in [6, 6.07) is 9.68. The van der Waals surface area contributed by atoms with E-state index in [-0.39, 0.29) is 4.90 Å². The molecule has 6 nitrogen and oxygen atoms in total. The van der Waals surface area contributed by atoms with Gasteiger partial charge in [0.05, 0.1) is 18.6 Å². The molecule has 0 fully saturated rings. The molecule has 0 spiro atoms. The van der Waals surface area contributed by atoms with E-state index in [0.717, 1.165) is 11.3 Å². The smallest absolute Gasteiger partial charge is 0.238 e. The average Bonchev–Trinajstić information content (AvgIpc) is 2.54. The molecule has 2 aromatic carbocycles. The van der Waals surface area contributed by atoms with Gasteiger partial charge in [0.15, 0.2) is 11.5 Å². The summed E-state index contributed by atoms with van der Waals surface area (Å²) in [5, 5.41) is 8.79. The van der Waals surface area contributed by atoms with E-state index in [9.17, 15) is 8.42 Å². The third kappa shape index (κ3) is 4.53. The largest absolute Gasteiger partial charge is 0.493 e. The summed E-state index contributed by atoms with van der Waals surface area (Å²) in [5.41, 5.74) is 1.57. The zero-order chi connectivity index (χ0) is 17.7. The van der Waals surface area contributed by atoms with Crippen molar-refractivity contribution in [1.82, 2.24) is 0 Å². The number of ether oxygens (including phenoxy) is 2. The minimum Gasteiger partial charge on any atom is -0.493 e. The molecule has 0 unspecified atom stereocenters. The van der Waals surface area contributed by atoms with Gasteiger partial charge < -0.3 is 14.8 Å². The first kappa shape index (κ1) is 18.4. The summed E-state index contributed by atoms with van der Waals surface area (Å²) >= 11 is 6.26. The Morgan fingerprint density at radius 2 is 1.83 bits per heavy atom. The summed E-state index contributed by atoms with van der Waals surface area (Å²) in [7, 11) is -2.14. The predicted octanol–water partition coefficient (Wildman–Crippen LogP) is 3.01. The fraction of sp³-hybridized carbons (Fsp3) is 0.250. The molecule has 0 saturated carbocycles. The van der Waals surface area contributed by atoms with Crippen LogP contribution in [0.3, 0.4) is 0 Å². The van der Waals surface area contributed by atoms with Gasteiger partial charge in [-0.1, -0.05) is 11.6 Å². The maximum absolute atomic E-state index is 11.2. The molecule has 130 valence electrons. The van der Waals surface area contributed by atoms with E-state index >= 15 is 0 Å². The molecule has 8 heteroatoms. The first-order valence-corrected chi connectivity index (χ1v) is 9.13. The Morgan fingerprint density at radius 1 is 1.17 bits per heavy atom. The van der Waals surface area contributed by atoms with Crippen LogP contribution in [0.2, 0.25) is 5.02 Å². The van der Waals surface area contributed by atoms with Gasteiger partial charge in [0.1, 0.15) is 0 Å². The molecule has 0 saturated heterocycles. The molecule has 0 aliphatic heterocycles. The number of hydrogen-bond donors (Lipinski definition) is 2. The number of rotatable bonds is 7. The lowest BCUT2D eigenvalue weighted by Crippen LogP contribution is -2.12. The molecular formula is C16H19ClN2O4S. The first-order valence-electron chi connectivity index (χ1n) is 7.21. The number of methoxy groups -OCH3 is 1. The van der Waals surface area contributed by atoms with Crippen LogP contribution in [-0.2, 0) is 16.6 Å². The molecule has 0 atom stereocenters. The van der Waals surface area contributed by atoms with Gasteiger partial charge in [0, 0.05) is 23.3 Å². The molecule has 0 aromatic heterocycles. The summed E-state index contributed by atoms with van der Waals surface area (Å²) < 4.78 is 33.3. The third-order valence-corrected chi connectivity index (χ3v) is 4.58. The van der Waals surface area contributed by atoms with Crippen molar-refractivity contribution >= 4 is 27.3 Å². The van der Waals surface area contributed by atoms with Gasteiger partial charge in [-0.25, -0.2) is 13.6 Å². The number of nitrogens with one attached hydrogen (secondary N) is 1. The zero-order valence-corrected chi connectivity index (χ0v) is 14.9. The molecule has 2 aromatic rings. The van der Waals surface area contributed by atoms with E-state index < -0.39 is 10.0 Å². The van der Waals surface area contributed by atoms with Gasteiger partial charge in [0.2, 0.25) is 10.0 Å². The molecule has 3 N–H and O–H groups in total. The van der Waals surface area contributed by atoms with Crippen molar-refractivity contribution in [2.24, 2.45) is 5.14 Å². The van der Waals surface area contributed by atoms with Gasteiger partial charge in [-0.15, -0.1) is 0 Å². The molecule has 0 aliphatic carbocycles. The molecular weight excluding hydrogens is 352 g/mol. The van der Waals surface area contributed by atoms with Gasteiger partial charge in [-0.2, -0.15) is 0 Å². The number of hydrogen-bond acceptors (Lipinski definition) is 5. The fourth-order valence-corrected chi connectivity index (χ4v) is 2.84. The second-order valence-corrected chi connectivity index (χ2v) is 6.92. The second kappa shape index (κ2) is 7.74. The van der Waals surface area contributed by atoms with E-state index in [1.165, 1.54) is 12.1 Å². The van der Waals surface area contributed by atoms with Crippen LogP contribution in [-0.4, -0.2) is 22.1 Å². The molecule has 0 amide bonds. The van der Waals surface area contributed by atoms with Crippen molar-refractivity contribution in [1.29, 1.82) is 0 Å². The monoisotopic (exact) mass is 370 g/mol. The minimum atomic E-state index is -3.69. The number of primary sulfonamides is 1. The van der Waals surface area contributed by atoms with E-state index in [2.05, 4.69) is 5.32 Å². The van der Waals surface area contributed by atoms with Crippen LogP contribution in [0.4, 0.5) is 5.69 Å². The molecule has 0 aliphatic rings. The molecule has 0 heterocycles. The zero-order valence-electron chi connectivity index (χ0n) is 13.4. The minimum absolute atomic E-state index is 0.0640. The van der Waals surface area contributed by atoms with Crippen LogP contribution in [0.5, 0.6) is 11.5 Å². The topological polar surface area (TPSA) is 90.6 Å². The van der Waals surface area contributed by atoms with Crippen LogP contribution in [0, 0.1) is 0 Å². The quantitative estimate of drug-likeness (QED) is 0.781. The SMILES string of the molecule is CCOc1cc(CNc2ccc(S(N)(=O)=O)cc2)c(Cl)cc1OC. The highest BCUT2D eigenvalue weighted by atomic mass is 35.5. The van der Waals surface area contributed by atoms with Crippen molar-refractivity contribution in [2.75, 3.05) is 19.0 Å². The lowest BCUT2D eigenvalue weighted by molar-refractivity contribution is 0.310. The predicted molar refractivity (Wildman–Crippen MR) is 94.3 cm³/mol. The number of nitrogens with two attached hydrogens (primary N) is 1. The third-order valence-electron chi connectivity index (χ3n) is 3.30. The lowest BCUT2D eigenvalue weighted by atomic mass is 10.2. The van der Waals surface area contributed by atoms with E-state index in [1.807, 2.05) is 13.0 Å². The second-order valence-electron chi connectivity index (χ2n) is 4.95. The molecule has 24 heavy (non-hydrogen) atoms. The van der Waals surface area contributed by atoms with Crippen LogP contribution in [0.25, 0.3) is 0 Å². The fourth-order valence-electron chi connectivity index (χ4n) is 2.10. The Bertz CT molecular complexity index is 808. The number of halogens is 1. The van der Waals surface area contributed by atoms with E-state index in [0.29, 0.717) is 29.7 Å². The summed E-state index contributed by atoms with van der Waals surface area (Å²) in [6.45, 7) is 2.84. The highest BCUT2D eigenvalue weighted by Gasteiger charge is 2.11. The van der Waals surface area contributed by atoms with Crippen molar-refractivity contribution < 1.29 is 17.9 Å².